The van der Waals surface area contributed by atoms with Gasteiger partial charge in [-0.05, 0) is 66.3 Å². The van der Waals surface area contributed by atoms with Crippen LogP contribution in [0.4, 0.5) is 4.39 Å². The van der Waals surface area contributed by atoms with E-state index in [0.29, 0.717) is 13.0 Å². The lowest BCUT2D eigenvalue weighted by atomic mass is 10.0. The highest BCUT2D eigenvalue weighted by Gasteiger charge is 2.24. The fraction of sp³-hybridized carbons (Fsp3) is 0.320. The van der Waals surface area contributed by atoms with Crippen molar-refractivity contribution in [2.45, 2.75) is 44.6 Å². The number of amides is 2. The van der Waals surface area contributed by atoms with Crippen molar-refractivity contribution in [1.82, 2.24) is 10.6 Å². The molecule has 0 spiro atoms. The van der Waals surface area contributed by atoms with Crippen LogP contribution in [0.1, 0.15) is 54.8 Å². The molecule has 32 heavy (non-hydrogen) atoms. The van der Waals surface area contributed by atoms with E-state index in [-0.39, 0.29) is 29.9 Å². The van der Waals surface area contributed by atoms with Gasteiger partial charge in [-0.2, -0.15) is 4.39 Å². The molecule has 2 amide bonds. The van der Waals surface area contributed by atoms with Gasteiger partial charge in [-0.1, -0.05) is 30.4 Å². The van der Waals surface area contributed by atoms with Crippen molar-refractivity contribution >= 4 is 23.9 Å². The smallest absolute Gasteiger partial charge is 0.303 e. The van der Waals surface area contributed by atoms with Crippen LogP contribution in [0.25, 0.3) is 6.08 Å². The SMILES string of the molecule is O=C(O)CCCCCNC(=O)/C=C/c1ccc2c(c1)CCC2NC(=O)C1=C=C=C(F)C=C1. The molecule has 1 atom stereocenters. The number of aliphatic carboxylic acids is 1. The van der Waals surface area contributed by atoms with Gasteiger partial charge in [0.05, 0.1) is 11.6 Å². The topological polar surface area (TPSA) is 95.5 Å². The zero-order valence-corrected chi connectivity index (χ0v) is 17.6. The van der Waals surface area contributed by atoms with Crippen molar-refractivity contribution < 1.29 is 23.9 Å². The Hall–Kier alpha value is -3.66. The van der Waals surface area contributed by atoms with Gasteiger partial charge in [0.1, 0.15) is 0 Å². The summed E-state index contributed by atoms with van der Waals surface area (Å²) in [4.78, 5) is 34.8. The fourth-order valence-electron chi connectivity index (χ4n) is 3.65. The van der Waals surface area contributed by atoms with E-state index in [1.807, 2.05) is 18.2 Å². The number of carbonyl (C=O) groups excluding carboxylic acids is 2. The maximum absolute atomic E-state index is 13.0. The first-order valence-electron chi connectivity index (χ1n) is 10.6. The molecule has 0 aromatic heterocycles. The molecule has 1 unspecified atom stereocenters. The molecule has 6 nitrogen and oxygen atoms in total. The van der Waals surface area contributed by atoms with E-state index in [1.165, 1.54) is 18.2 Å². The number of unbranched alkanes of at least 4 members (excludes halogenated alkanes) is 2. The lowest BCUT2D eigenvalue weighted by Gasteiger charge is -2.14. The highest BCUT2D eigenvalue weighted by molar-refractivity contribution is 5.96. The summed E-state index contributed by atoms with van der Waals surface area (Å²) in [6, 6.07) is 5.73. The minimum Gasteiger partial charge on any atom is -0.481 e. The molecule has 7 heteroatoms. The van der Waals surface area contributed by atoms with Gasteiger partial charge in [-0.3, -0.25) is 14.4 Å². The molecule has 1 aromatic carbocycles. The average Bonchev–Trinajstić information content (AvgIpc) is 3.16. The molecule has 3 N–H and O–H groups in total. The number of hydrogen-bond donors (Lipinski definition) is 3. The Kier molecular flexibility index (Phi) is 7.98. The monoisotopic (exact) mass is 436 g/mol. The van der Waals surface area contributed by atoms with Gasteiger partial charge in [0, 0.05) is 19.0 Å². The Bertz CT molecular complexity index is 1070. The van der Waals surface area contributed by atoms with Crippen molar-refractivity contribution in [3.63, 3.8) is 0 Å². The lowest BCUT2D eigenvalue weighted by molar-refractivity contribution is -0.137. The number of carboxylic acid groups (broad SMARTS) is 1. The molecule has 0 saturated heterocycles. The van der Waals surface area contributed by atoms with Crippen LogP contribution in [0, 0.1) is 0 Å². The first-order valence-corrected chi connectivity index (χ1v) is 10.6. The second-order valence-electron chi connectivity index (χ2n) is 7.70. The summed E-state index contributed by atoms with van der Waals surface area (Å²) in [6.45, 7) is 0.512. The number of aryl methyl sites for hydroxylation is 1. The molecule has 0 saturated carbocycles. The van der Waals surface area contributed by atoms with Crippen LogP contribution in [0.15, 0.2) is 59.3 Å². The summed E-state index contributed by atoms with van der Waals surface area (Å²) in [7, 11) is 0. The number of hydrogen-bond acceptors (Lipinski definition) is 3. The third kappa shape index (κ3) is 6.67. The van der Waals surface area contributed by atoms with Crippen molar-refractivity contribution in [1.29, 1.82) is 0 Å². The third-order valence-corrected chi connectivity index (χ3v) is 5.30. The largest absolute Gasteiger partial charge is 0.481 e. The van der Waals surface area contributed by atoms with Crippen molar-refractivity contribution in [3.05, 3.63) is 76.0 Å². The Balaban J connectivity index is 1.49. The van der Waals surface area contributed by atoms with Crippen molar-refractivity contribution in [2.75, 3.05) is 6.54 Å². The van der Waals surface area contributed by atoms with Gasteiger partial charge < -0.3 is 15.7 Å². The van der Waals surface area contributed by atoms with E-state index in [9.17, 15) is 18.8 Å². The number of carboxylic acids is 1. The highest BCUT2D eigenvalue weighted by Crippen LogP contribution is 2.32. The van der Waals surface area contributed by atoms with Gasteiger partial charge in [-0.25, -0.2) is 0 Å². The van der Waals surface area contributed by atoms with Crippen LogP contribution >= 0.6 is 0 Å². The van der Waals surface area contributed by atoms with Crippen LogP contribution in [-0.4, -0.2) is 29.4 Å². The van der Waals surface area contributed by atoms with Gasteiger partial charge in [-0.15, -0.1) is 0 Å². The van der Waals surface area contributed by atoms with Gasteiger partial charge >= 0.3 is 5.97 Å². The molecule has 3 rings (SSSR count). The second kappa shape index (κ2) is 11.1. The molecular formula is C25H25FN2O4. The molecule has 0 fully saturated rings. The Morgan fingerprint density at radius 3 is 2.75 bits per heavy atom. The minimum absolute atomic E-state index is 0.126. The quantitative estimate of drug-likeness (QED) is 0.296. The van der Waals surface area contributed by atoms with E-state index >= 15 is 0 Å². The average molecular weight is 436 g/mol. The number of rotatable bonds is 10. The molecule has 0 heterocycles. The maximum Gasteiger partial charge on any atom is 0.303 e. The van der Waals surface area contributed by atoms with Crippen LogP contribution in [0.5, 0.6) is 0 Å². The first kappa shape index (κ1) is 23.0. The number of carbonyl (C=O) groups is 3. The van der Waals surface area contributed by atoms with Crippen molar-refractivity contribution in [3.8, 4) is 0 Å². The van der Waals surface area contributed by atoms with E-state index in [0.717, 1.165) is 42.4 Å². The molecule has 2 aliphatic carbocycles. The first-order chi connectivity index (χ1) is 15.4. The number of fused-ring (bicyclic) bond motifs is 1. The van der Waals surface area contributed by atoms with Gasteiger partial charge in [0.15, 0.2) is 5.83 Å². The summed E-state index contributed by atoms with van der Waals surface area (Å²) < 4.78 is 13.0. The van der Waals surface area contributed by atoms with Crippen LogP contribution < -0.4 is 10.6 Å². The zero-order valence-electron chi connectivity index (χ0n) is 17.6. The fourth-order valence-corrected chi connectivity index (χ4v) is 3.65. The predicted molar refractivity (Wildman–Crippen MR) is 118 cm³/mol. The molecular weight excluding hydrogens is 411 g/mol. The minimum atomic E-state index is -0.801. The molecule has 0 radical (unpaired) electrons. The lowest BCUT2D eigenvalue weighted by Crippen LogP contribution is -2.27. The van der Waals surface area contributed by atoms with Gasteiger partial charge in [0.25, 0.3) is 5.91 Å². The van der Waals surface area contributed by atoms with E-state index < -0.39 is 11.8 Å². The summed E-state index contributed by atoms with van der Waals surface area (Å²) in [5.74, 6) is -1.87. The van der Waals surface area contributed by atoms with Gasteiger partial charge in [0.2, 0.25) is 5.91 Å². The van der Waals surface area contributed by atoms with E-state index in [4.69, 9.17) is 5.11 Å². The molecule has 2 aliphatic rings. The molecule has 0 bridgehead atoms. The Morgan fingerprint density at radius 1 is 1.16 bits per heavy atom. The summed E-state index contributed by atoms with van der Waals surface area (Å²) in [5.41, 5.74) is 8.08. The summed E-state index contributed by atoms with van der Waals surface area (Å²) in [6.07, 6.45) is 9.63. The second-order valence-corrected chi connectivity index (χ2v) is 7.70. The normalized spacial score (nSPS) is 16.5. The van der Waals surface area contributed by atoms with Crippen LogP contribution in [0.2, 0.25) is 0 Å². The number of halogens is 1. The number of benzene rings is 1. The number of nitrogens with one attached hydrogen (secondary N) is 2. The van der Waals surface area contributed by atoms with Crippen molar-refractivity contribution in [2.24, 2.45) is 0 Å². The zero-order chi connectivity index (χ0) is 22.9. The highest BCUT2D eigenvalue weighted by atomic mass is 19.1. The molecule has 0 aliphatic heterocycles. The van der Waals surface area contributed by atoms with Crippen LogP contribution in [0.3, 0.4) is 0 Å². The predicted octanol–water partition coefficient (Wildman–Crippen LogP) is 3.67. The Morgan fingerprint density at radius 2 is 2.00 bits per heavy atom. The summed E-state index contributed by atoms with van der Waals surface area (Å²) in [5, 5.41) is 14.3. The molecule has 166 valence electrons. The van der Waals surface area contributed by atoms with E-state index in [1.54, 1.807) is 6.08 Å². The number of allylic oxidation sites excluding steroid dienone is 2. The summed E-state index contributed by atoms with van der Waals surface area (Å²) >= 11 is 0. The van der Waals surface area contributed by atoms with E-state index in [2.05, 4.69) is 22.1 Å². The third-order valence-electron chi connectivity index (χ3n) is 5.30. The standard InChI is InChI=1S/C25H25FN2O4/c26-20-10-7-18(8-11-20)25(32)28-22-13-9-19-16-17(5-12-21(19)22)6-14-23(29)27-15-3-1-2-4-24(30)31/h5-7,10,12,14,16,22H,1-4,9,13,15H2,(H,27,29)(H,28,32)(H,30,31)/b14-6+. The Labute approximate surface area is 185 Å². The molecule has 1 aromatic rings. The maximum atomic E-state index is 13.0. The van der Waals surface area contributed by atoms with Crippen LogP contribution in [-0.2, 0) is 20.8 Å².